The highest BCUT2D eigenvalue weighted by molar-refractivity contribution is 6.06. The van der Waals surface area contributed by atoms with Gasteiger partial charge in [0.1, 0.15) is 5.82 Å². The zero-order valence-corrected chi connectivity index (χ0v) is 18.7. The number of carbonyl (C=O) groups is 2. The van der Waals surface area contributed by atoms with Crippen LogP contribution in [0, 0.1) is 0 Å². The van der Waals surface area contributed by atoms with Crippen molar-refractivity contribution in [1.29, 1.82) is 0 Å². The summed E-state index contributed by atoms with van der Waals surface area (Å²) in [5, 5.41) is 7.20. The van der Waals surface area contributed by atoms with Gasteiger partial charge in [-0.15, -0.1) is 0 Å². The molecular formula is C25H26N6O2. The van der Waals surface area contributed by atoms with E-state index in [9.17, 15) is 9.59 Å². The highest BCUT2D eigenvalue weighted by Crippen LogP contribution is 2.27. The lowest BCUT2D eigenvalue weighted by Crippen LogP contribution is -2.43. The summed E-state index contributed by atoms with van der Waals surface area (Å²) in [6.45, 7) is 3.54. The molecule has 1 saturated heterocycles. The Hall–Kier alpha value is -3.94. The molecule has 8 nitrogen and oxygen atoms in total. The van der Waals surface area contributed by atoms with E-state index in [2.05, 4.69) is 17.3 Å². The van der Waals surface area contributed by atoms with Crippen LogP contribution in [0.2, 0.25) is 0 Å². The van der Waals surface area contributed by atoms with E-state index < -0.39 is 0 Å². The molecule has 2 aliphatic rings. The molecule has 168 valence electrons. The first-order chi connectivity index (χ1) is 16.0. The lowest BCUT2D eigenvalue weighted by atomic mass is 10.1. The fourth-order valence-electron chi connectivity index (χ4n) is 4.05. The topological polar surface area (TPSA) is 85.0 Å². The molecule has 2 aliphatic heterocycles. The summed E-state index contributed by atoms with van der Waals surface area (Å²) in [6, 6.07) is 10.1. The van der Waals surface area contributed by atoms with Crippen molar-refractivity contribution in [3.8, 4) is 11.3 Å². The number of hydrogen-bond donors (Lipinski definition) is 1. The smallest absolute Gasteiger partial charge is 0.275 e. The number of amides is 2. The zero-order chi connectivity index (χ0) is 22.9. The first-order valence-corrected chi connectivity index (χ1v) is 11.2. The van der Waals surface area contributed by atoms with Crippen molar-refractivity contribution in [3.05, 3.63) is 77.7 Å². The fraction of sp³-hybridized carbons (Fsp3) is 0.280. The number of nitrogens with one attached hydrogen (secondary N) is 1. The molecule has 1 fully saturated rings. The molecular weight excluding hydrogens is 416 g/mol. The van der Waals surface area contributed by atoms with Gasteiger partial charge in [0.25, 0.3) is 11.8 Å². The average molecular weight is 443 g/mol. The van der Waals surface area contributed by atoms with Gasteiger partial charge < -0.3 is 14.8 Å². The van der Waals surface area contributed by atoms with Gasteiger partial charge in [0.05, 0.1) is 11.3 Å². The van der Waals surface area contributed by atoms with Crippen molar-refractivity contribution in [2.45, 2.75) is 25.7 Å². The van der Waals surface area contributed by atoms with Crippen LogP contribution in [0.15, 0.2) is 60.6 Å². The number of allylic oxidation sites excluding steroid dienone is 2. The maximum absolute atomic E-state index is 13.1. The van der Waals surface area contributed by atoms with Gasteiger partial charge in [-0.1, -0.05) is 43.3 Å². The predicted molar refractivity (Wildman–Crippen MR) is 125 cm³/mol. The summed E-state index contributed by atoms with van der Waals surface area (Å²) < 4.78 is 3.52. The van der Waals surface area contributed by atoms with Crippen LogP contribution < -0.4 is 5.32 Å². The largest absolute Gasteiger partial charge is 0.337 e. The van der Waals surface area contributed by atoms with E-state index >= 15 is 0 Å². The number of hydrogen-bond acceptors (Lipinski definition) is 4. The van der Waals surface area contributed by atoms with Crippen molar-refractivity contribution in [2.75, 3.05) is 13.1 Å². The fourth-order valence-corrected chi connectivity index (χ4v) is 4.05. The third kappa shape index (κ3) is 4.11. The summed E-state index contributed by atoms with van der Waals surface area (Å²) in [5.41, 5.74) is 3.14. The zero-order valence-electron chi connectivity index (χ0n) is 18.7. The number of fused-ring (bicyclic) bond motifs is 1. The molecule has 3 aromatic rings. The van der Waals surface area contributed by atoms with Crippen LogP contribution in [0.5, 0.6) is 0 Å². The van der Waals surface area contributed by atoms with Crippen molar-refractivity contribution < 1.29 is 9.59 Å². The van der Waals surface area contributed by atoms with Crippen LogP contribution in [0.25, 0.3) is 17.5 Å². The van der Waals surface area contributed by atoms with E-state index in [-0.39, 0.29) is 29.0 Å². The molecule has 2 aromatic heterocycles. The van der Waals surface area contributed by atoms with E-state index in [0.29, 0.717) is 18.8 Å². The van der Waals surface area contributed by atoms with E-state index in [1.54, 1.807) is 18.1 Å². The molecule has 1 N–H and O–H groups in total. The number of rotatable bonds is 4. The average Bonchev–Trinajstić information content (AvgIpc) is 3.37. The molecule has 0 spiro atoms. The number of imidazole rings is 1. The van der Waals surface area contributed by atoms with Crippen LogP contribution in [0.3, 0.4) is 0 Å². The van der Waals surface area contributed by atoms with Crippen molar-refractivity contribution in [3.63, 3.8) is 0 Å². The maximum atomic E-state index is 13.1. The Bertz CT molecular complexity index is 1260. The Morgan fingerprint density at radius 2 is 1.91 bits per heavy atom. The van der Waals surface area contributed by atoms with Gasteiger partial charge in [-0.3, -0.25) is 14.3 Å². The number of aromatic nitrogens is 4. The molecule has 0 bridgehead atoms. The van der Waals surface area contributed by atoms with Gasteiger partial charge >= 0.3 is 0 Å². The molecule has 33 heavy (non-hydrogen) atoms. The predicted octanol–water partition coefficient (Wildman–Crippen LogP) is 3.42. The lowest BCUT2D eigenvalue weighted by molar-refractivity contribution is 0.0640. The highest BCUT2D eigenvalue weighted by Gasteiger charge is 2.29. The summed E-state index contributed by atoms with van der Waals surface area (Å²) in [6.07, 6.45) is 11.1. The second kappa shape index (κ2) is 8.54. The Morgan fingerprint density at radius 1 is 1.12 bits per heavy atom. The molecule has 2 amide bonds. The molecule has 0 radical (unpaired) electrons. The van der Waals surface area contributed by atoms with Crippen LogP contribution in [0.4, 0.5) is 0 Å². The summed E-state index contributed by atoms with van der Waals surface area (Å²) in [4.78, 5) is 32.3. The Morgan fingerprint density at radius 3 is 2.64 bits per heavy atom. The van der Waals surface area contributed by atoms with Crippen LogP contribution in [-0.2, 0) is 7.05 Å². The Kier molecular flexibility index (Phi) is 5.42. The molecule has 5 rings (SSSR count). The number of nitrogens with zero attached hydrogens (tertiary/aromatic N) is 5. The van der Waals surface area contributed by atoms with Crippen LogP contribution >= 0.6 is 0 Å². The van der Waals surface area contributed by atoms with E-state index in [0.717, 1.165) is 29.9 Å². The summed E-state index contributed by atoms with van der Waals surface area (Å²) in [7, 11) is 1.71. The monoisotopic (exact) mass is 442 g/mol. The maximum Gasteiger partial charge on any atom is 0.275 e. The third-order valence-corrected chi connectivity index (χ3v) is 6.05. The van der Waals surface area contributed by atoms with Crippen molar-refractivity contribution >= 4 is 18.0 Å². The molecule has 1 atom stereocenters. The number of likely N-dealkylation sites (tertiary alicyclic amines) is 1. The minimum atomic E-state index is -0.341. The SMILES string of the molecule is CC1CC=C(NC(=O)c2cn(C)nc2C(=O)N2CCC2)C=Cn2cc(-c3ccccc3)nc21. The summed E-state index contributed by atoms with van der Waals surface area (Å²) in [5.74, 6) is 0.605. The lowest BCUT2D eigenvalue weighted by Gasteiger charge is -2.30. The minimum absolute atomic E-state index is 0.168. The van der Waals surface area contributed by atoms with Crippen molar-refractivity contribution in [2.24, 2.45) is 7.05 Å². The van der Waals surface area contributed by atoms with Crippen molar-refractivity contribution in [1.82, 2.24) is 29.5 Å². The van der Waals surface area contributed by atoms with Crippen LogP contribution in [0.1, 0.15) is 52.4 Å². The number of aryl methyl sites for hydroxylation is 1. The highest BCUT2D eigenvalue weighted by atomic mass is 16.2. The van der Waals surface area contributed by atoms with E-state index in [1.807, 2.05) is 59.4 Å². The van der Waals surface area contributed by atoms with Gasteiger partial charge in [0.2, 0.25) is 0 Å². The third-order valence-electron chi connectivity index (χ3n) is 6.05. The second-order valence-electron chi connectivity index (χ2n) is 8.53. The molecule has 1 unspecified atom stereocenters. The standard InChI is InChI=1S/C25H26N6O2/c1-17-9-10-19(11-14-31-16-21(27-23(17)31)18-7-4-3-5-8-18)26-24(32)20-15-29(2)28-22(20)25(33)30-12-6-13-30/h3-5,7-8,10-11,14-17H,6,9,12-13H2,1-2H3,(H,26,32). The van der Waals surface area contributed by atoms with Gasteiger partial charge in [-0.25, -0.2) is 4.98 Å². The minimum Gasteiger partial charge on any atom is -0.337 e. The van der Waals surface area contributed by atoms with Gasteiger partial charge in [-0.2, -0.15) is 5.10 Å². The van der Waals surface area contributed by atoms with Crippen LogP contribution in [-0.4, -0.2) is 49.1 Å². The number of benzene rings is 1. The summed E-state index contributed by atoms with van der Waals surface area (Å²) >= 11 is 0. The first-order valence-electron chi connectivity index (χ1n) is 11.2. The Labute approximate surface area is 192 Å². The molecule has 1 aromatic carbocycles. The molecule has 4 heterocycles. The van der Waals surface area contributed by atoms with E-state index in [1.165, 1.54) is 4.68 Å². The molecule has 0 saturated carbocycles. The normalized spacial score (nSPS) is 17.5. The quantitative estimate of drug-likeness (QED) is 0.671. The Balaban J connectivity index is 1.37. The second-order valence-corrected chi connectivity index (χ2v) is 8.53. The number of carbonyl (C=O) groups excluding carboxylic acids is 2. The first kappa shape index (κ1) is 20.9. The molecule has 0 aliphatic carbocycles. The van der Waals surface area contributed by atoms with Gasteiger partial charge in [-0.05, 0) is 18.9 Å². The van der Waals surface area contributed by atoms with E-state index in [4.69, 9.17) is 4.98 Å². The molecule has 8 heteroatoms. The van der Waals surface area contributed by atoms with Gasteiger partial charge in [0, 0.05) is 55.9 Å². The van der Waals surface area contributed by atoms with Gasteiger partial charge in [0.15, 0.2) is 5.69 Å².